The predicted octanol–water partition coefficient (Wildman–Crippen LogP) is -0.864. The standard InChI is InChI=1S/C9H11F2N3O3/c1-14-7(16)3-2-5(13-14)9(17)12-4-6(15)8(10)11/h2-3,6,8,15H,4H2,1H3,(H,12,17). The SMILES string of the molecule is Cn1nc(C(=O)NCC(O)C(F)F)ccc1=O. The average molecular weight is 247 g/mol. The van der Waals surface area contributed by atoms with Crippen LogP contribution in [-0.2, 0) is 7.05 Å². The first kappa shape index (κ1) is 13.2. The van der Waals surface area contributed by atoms with Crippen molar-refractivity contribution in [1.82, 2.24) is 15.1 Å². The maximum atomic E-state index is 11.9. The van der Waals surface area contributed by atoms with Crippen molar-refractivity contribution >= 4 is 5.91 Å². The van der Waals surface area contributed by atoms with Crippen molar-refractivity contribution in [3.05, 3.63) is 28.2 Å². The van der Waals surface area contributed by atoms with Crippen molar-refractivity contribution in [2.24, 2.45) is 7.05 Å². The van der Waals surface area contributed by atoms with Gasteiger partial charge in [-0.05, 0) is 6.07 Å². The van der Waals surface area contributed by atoms with Crippen LogP contribution in [0.4, 0.5) is 8.78 Å². The van der Waals surface area contributed by atoms with Crippen LogP contribution in [0.5, 0.6) is 0 Å². The number of nitrogens with one attached hydrogen (secondary N) is 1. The Morgan fingerprint density at radius 3 is 2.76 bits per heavy atom. The lowest BCUT2D eigenvalue weighted by Gasteiger charge is -2.10. The Balaban J connectivity index is 2.64. The third-order valence-corrected chi connectivity index (χ3v) is 1.96. The molecule has 1 rings (SSSR count). The quantitative estimate of drug-likeness (QED) is 0.724. The summed E-state index contributed by atoms with van der Waals surface area (Å²) in [4.78, 5) is 22.4. The molecule has 1 atom stereocenters. The molecule has 1 heterocycles. The number of carbonyl (C=O) groups is 1. The summed E-state index contributed by atoms with van der Waals surface area (Å²) in [5, 5.41) is 14.5. The van der Waals surface area contributed by atoms with Crippen LogP contribution in [0.25, 0.3) is 0 Å². The summed E-state index contributed by atoms with van der Waals surface area (Å²) in [7, 11) is 1.35. The van der Waals surface area contributed by atoms with Crippen molar-refractivity contribution in [3.8, 4) is 0 Å². The fourth-order valence-corrected chi connectivity index (χ4v) is 1.00. The Bertz CT molecular complexity index is 461. The molecule has 6 nitrogen and oxygen atoms in total. The van der Waals surface area contributed by atoms with Gasteiger partial charge in [-0.25, -0.2) is 13.5 Å². The van der Waals surface area contributed by atoms with Crippen LogP contribution in [0.15, 0.2) is 16.9 Å². The van der Waals surface area contributed by atoms with Gasteiger partial charge in [0.1, 0.15) is 11.8 Å². The molecule has 8 heteroatoms. The number of hydrogen-bond donors (Lipinski definition) is 2. The molecular formula is C9H11F2N3O3. The minimum Gasteiger partial charge on any atom is -0.385 e. The molecule has 2 N–H and O–H groups in total. The highest BCUT2D eigenvalue weighted by atomic mass is 19.3. The van der Waals surface area contributed by atoms with Gasteiger partial charge in [0, 0.05) is 19.7 Å². The number of hydrogen-bond acceptors (Lipinski definition) is 4. The van der Waals surface area contributed by atoms with E-state index in [4.69, 9.17) is 5.11 Å². The van der Waals surface area contributed by atoms with Crippen LogP contribution in [0.3, 0.4) is 0 Å². The maximum Gasteiger partial charge on any atom is 0.271 e. The van der Waals surface area contributed by atoms with Crippen molar-refractivity contribution in [2.45, 2.75) is 12.5 Å². The fourth-order valence-electron chi connectivity index (χ4n) is 1.00. The third-order valence-electron chi connectivity index (χ3n) is 1.96. The molecule has 0 saturated carbocycles. The lowest BCUT2D eigenvalue weighted by atomic mass is 10.3. The van der Waals surface area contributed by atoms with Gasteiger partial charge in [-0.3, -0.25) is 9.59 Å². The van der Waals surface area contributed by atoms with Crippen LogP contribution in [-0.4, -0.2) is 39.9 Å². The van der Waals surface area contributed by atoms with E-state index in [1.54, 1.807) is 0 Å². The summed E-state index contributed by atoms with van der Waals surface area (Å²) < 4.78 is 24.8. The Morgan fingerprint density at radius 2 is 2.24 bits per heavy atom. The third kappa shape index (κ3) is 3.59. The molecule has 0 aliphatic carbocycles. The second-order valence-corrected chi connectivity index (χ2v) is 3.29. The number of aryl methyl sites for hydroxylation is 1. The molecule has 0 radical (unpaired) electrons. The number of rotatable bonds is 4. The Morgan fingerprint density at radius 1 is 1.59 bits per heavy atom. The van der Waals surface area contributed by atoms with E-state index in [0.29, 0.717) is 0 Å². The number of aromatic nitrogens is 2. The van der Waals surface area contributed by atoms with E-state index < -0.39 is 30.5 Å². The second kappa shape index (κ2) is 5.48. The van der Waals surface area contributed by atoms with Gasteiger partial charge in [-0.1, -0.05) is 0 Å². The van der Waals surface area contributed by atoms with E-state index in [1.165, 1.54) is 13.1 Å². The van der Waals surface area contributed by atoms with Crippen LogP contribution >= 0.6 is 0 Å². The number of halogens is 2. The zero-order chi connectivity index (χ0) is 13.0. The van der Waals surface area contributed by atoms with Crippen molar-refractivity contribution in [3.63, 3.8) is 0 Å². The van der Waals surface area contributed by atoms with E-state index in [9.17, 15) is 18.4 Å². The first-order valence-corrected chi connectivity index (χ1v) is 4.70. The highest BCUT2D eigenvalue weighted by Crippen LogP contribution is 1.99. The number of alkyl halides is 2. The lowest BCUT2D eigenvalue weighted by Crippen LogP contribution is -2.37. The number of amides is 1. The number of nitrogens with zero attached hydrogens (tertiary/aromatic N) is 2. The van der Waals surface area contributed by atoms with Crippen LogP contribution in [0.1, 0.15) is 10.5 Å². The van der Waals surface area contributed by atoms with Gasteiger partial charge in [0.2, 0.25) is 0 Å². The van der Waals surface area contributed by atoms with Crippen LogP contribution in [0.2, 0.25) is 0 Å². The van der Waals surface area contributed by atoms with Crippen LogP contribution < -0.4 is 10.9 Å². The first-order valence-electron chi connectivity index (χ1n) is 4.70. The van der Waals surface area contributed by atoms with Gasteiger partial charge in [-0.15, -0.1) is 0 Å². The van der Waals surface area contributed by atoms with Crippen molar-refractivity contribution < 1.29 is 18.7 Å². The Labute approximate surface area is 94.9 Å². The van der Waals surface area contributed by atoms with Gasteiger partial charge in [0.25, 0.3) is 17.9 Å². The number of aliphatic hydroxyl groups is 1. The minimum absolute atomic E-state index is 0.0893. The summed E-state index contributed by atoms with van der Waals surface area (Å²) >= 11 is 0. The fraction of sp³-hybridized carbons (Fsp3) is 0.444. The molecule has 0 saturated heterocycles. The average Bonchev–Trinajstić information content (AvgIpc) is 2.28. The van der Waals surface area contributed by atoms with E-state index in [0.717, 1.165) is 10.7 Å². The monoisotopic (exact) mass is 247 g/mol. The molecular weight excluding hydrogens is 236 g/mol. The normalized spacial score (nSPS) is 12.5. The topological polar surface area (TPSA) is 84.2 Å². The van der Waals surface area contributed by atoms with Gasteiger partial charge in [-0.2, -0.15) is 5.10 Å². The van der Waals surface area contributed by atoms with Crippen molar-refractivity contribution in [2.75, 3.05) is 6.54 Å². The van der Waals surface area contributed by atoms with Gasteiger partial charge < -0.3 is 10.4 Å². The molecule has 0 aromatic carbocycles. The largest absolute Gasteiger partial charge is 0.385 e. The summed E-state index contributed by atoms with van der Waals surface area (Å²) in [5.41, 5.74) is -0.484. The summed E-state index contributed by atoms with van der Waals surface area (Å²) in [6, 6.07) is 2.30. The molecule has 0 spiro atoms. The van der Waals surface area contributed by atoms with E-state index in [-0.39, 0.29) is 5.69 Å². The molecule has 0 aliphatic rings. The molecule has 1 aromatic rings. The van der Waals surface area contributed by atoms with E-state index >= 15 is 0 Å². The van der Waals surface area contributed by atoms with E-state index in [2.05, 4.69) is 10.4 Å². The zero-order valence-corrected chi connectivity index (χ0v) is 8.93. The molecule has 0 fully saturated rings. The van der Waals surface area contributed by atoms with E-state index in [1.807, 2.05) is 0 Å². The second-order valence-electron chi connectivity index (χ2n) is 3.29. The lowest BCUT2D eigenvalue weighted by molar-refractivity contribution is -0.00273. The zero-order valence-electron chi connectivity index (χ0n) is 8.93. The smallest absolute Gasteiger partial charge is 0.271 e. The van der Waals surface area contributed by atoms with Crippen LogP contribution in [0, 0.1) is 0 Å². The molecule has 17 heavy (non-hydrogen) atoms. The molecule has 1 unspecified atom stereocenters. The predicted molar refractivity (Wildman–Crippen MR) is 53.8 cm³/mol. The van der Waals surface area contributed by atoms with Gasteiger partial charge in [0.15, 0.2) is 0 Å². The first-order chi connectivity index (χ1) is 7.91. The summed E-state index contributed by atoms with van der Waals surface area (Å²) in [6.07, 6.45) is -4.85. The summed E-state index contributed by atoms with van der Waals surface area (Å²) in [6.45, 7) is -0.582. The van der Waals surface area contributed by atoms with Crippen molar-refractivity contribution in [1.29, 1.82) is 0 Å². The number of aliphatic hydroxyl groups excluding tert-OH is 1. The molecule has 0 aliphatic heterocycles. The highest BCUT2D eigenvalue weighted by Gasteiger charge is 2.18. The summed E-state index contributed by atoms with van der Waals surface area (Å²) in [5.74, 6) is -0.736. The Kier molecular flexibility index (Phi) is 4.27. The number of carbonyl (C=O) groups excluding carboxylic acids is 1. The maximum absolute atomic E-state index is 11.9. The Hall–Kier alpha value is -1.83. The van der Waals surface area contributed by atoms with Gasteiger partial charge in [0.05, 0.1) is 0 Å². The van der Waals surface area contributed by atoms with Gasteiger partial charge >= 0.3 is 0 Å². The molecule has 1 amide bonds. The molecule has 1 aromatic heterocycles. The molecule has 0 bridgehead atoms. The minimum atomic E-state index is -2.93. The highest BCUT2D eigenvalue weighted by molar-refractivity contribution is 5.91. The molecule has 94 valence electrons.